The summed E-state index contributed by atoms with van der Waals surface area (Å²) < 4.78 is 5.14. The Hall–Kier alpha value is -2.07. The standard InChI is InChI=1S/C16H24O2S.C7H4O/c1-4-6-11-16(5-2,12-17)13-19-15-9-7-14(18-3)8-10-15;8-7-5-3-1-2-4-6(5)7/h7-10,12H,4-6,11,13H2,1-3H3;1-4H. The van der Waals surface area contributed by atoms with Crippen molar-refractivity contribution in [2.45, 2.75) is 44.4 Å². The number of fused-ring (bicyclic) bond motifs is 1. The first kappa shape index (κ1) is 21.2. The molecule has 4 heteroatoms. The summed E-state index contributed by atoms with van der Waals surface area (Å²) in [5, 5.41) is 1.79. The zero-order valence-corrected chi connectivity index (χ0v) is 17.2. The Balaban J connectivity index is 0.000000266. The van der Waals surface area contributed by atoms with Crippen LogP contribution in [0.25, 0.3) is 10.8 Å². The van der Waals surface area contributed by atoms with Gasteiger partial charge in [-0.25, -0.2) is 0 Å². The Kier molecular flexibility index (Phi) is 8.11. The van der Waals surface area contributed by atoms with Crippen LogP contribution < -0.4 is 10.2 Å². The Bertz CT molecular complexity index is 815. The third-order valence-corrected chi connectivity index (χ3v) is 6.25. The number of rotatable bonds is 9. The first-order chi connectivity index (χ1) is 13.1. The molecule has 0 saturated carbocycles. The lowest BCUT2D eigenvalue weighted by Gasteiger charge is -2.26. The number of benzene rings is 2. The molecule has 0 saturated heterocycles. The van der Waals surface area contributed by atoms with Crippen LogP contribution in [0.4, 0.5) is 0 Å². The van der Waals surface area contributed by atoms with Gasteiger partial charge in [-0.3, -0.25) is 4.79 Å². The smallest absolute Gasteiger partial charge is 0.194 e. The van der Waals surface area contributed by atoms with Gasteiger partial charge in [-0.15, -0.1) is 11.8 Å². The summed E-state index contributed by atoms with van der Waals surface area (Å²) in [5.41, 5.74) is 0.0515. The van der Waals surface area contributed by atoms with E-state index in [2.05, 4.69) is 26.0 Å². The zero-order valence-electron chi connectivity index (χ0n) is 16.4. The van der Waals surface area contributed by atoms with Crippen molar-refractivity contribution in [3.63, 3.8) is 0 Å². The van der Waals surface area contributed by atoms with Crippen LogP contribution in [0.2, 0.25) is 0 Å². The molecule has 3 aromatic carbocycles. The molecule has 0 fully saturated rings. The van der Waals surface area contributed by atoms with Gasteiger partial charge >= 0.3 is 0 Å². The minimum absolute atomic E-state index is 0.166. The van der Waals surface area contributed by atoms with Crippen molar-refractivity contribution < 1.29 is 9.53 Å². The molecular weight excluding hydrogens is 356 g/mol. The van der Waals surface area contributed by atoms with E-state index in [0.29, 0.717) is 0 Å². The minimum atomic E-state index is -0.166. The number of carbonyl (C=O) groups excluding carboxylic acids is 1. The quantitative estimate of drug-likeness (QED) is 0.353. The van der Waals surface area contributed by atoms with E-state index in [4.69, 9.17) is 4.74 Å². The Morgan fingerprint density at radius 3 is 2.11 bits per heavy atom. The van der Waals surface area contributed by atoms with Gasteiger partial charge in [-0.05, 0) is 37.1 Å². The Labute approximate surface area is 165 Å². The van der Waals surface area contributed by atoms with Crippen LogP contribution in [0.15, 0.2) is 58.2 Å². The Morgan fingerprint density at radius 2 is 1.67 bits per heavy atom. The molecule has 1 unspecified atom stereocenters. The number of hydrogen-bond acceptors (Lipinski definition) is 4. The molecule has 0 radical (unpaired) electrons. The summed E-state index contributed by atoms with van der Waals surface area (Å²) in [6, 6.07) is 15.5. The molecule has 0 aromatic heterocycles. The molecule has 0 spiro atoms. The van der Waals surface area contributed by atoms with Crippen LogP contribution in [0.1, 0.15) is 39.5 Å². The van der Waals surface area contributed by atoms with E-state index in [1.165, 1.54) is 11.2 Å². The van der Waals surface area contributed by atoms with Gasteiger partial charge in [0.2, 0.25) is 0 Å². The van der Waals surface area contributed by atoms with Gasteiger partial charge in [0.25, 0.3) is 0 Å². The molecule has 0 amide bonds. The van der Waals surface area contributed by atoms with E-state index in [1.807, 2.05) is 36.4 Å². The number of methoxy groups -OCH3 is 1. The highest BCUT2D eigenvalue weighted by molar-refractivity contribution is 7.99. The molecule has 3 nitrogen and oxygen atoms in total. The van der Waals surface area contributed by atoms with Crippen molar-refractivity contribution in [2.75, 3.05) is 12.9 Å². The van der Waals surface area contributed by atoms with Gasteiger partial charge < -0.3 is 9.53 Å². The van der Waals surface area contributed by atoms with Crippen molar-refractivity contribution in [1.82, 2.24) is 0 Å². The monoisotopic (exact) mass is 384 g/mol. The number of hydrogen-bond donors (Lipinski definition) is 0. The molecule has 0 heterocycles. The predicted octanol–water partition coefficient (Wildman–Crippen LogP) is 5.65. The van der Waals surface area contributed by atoms with Crippen LogP contribution in [0, 0.1) is 5.41 Å². The largest absolute Gasteiger partial charge is 0.497 e. The van der Waals surface area contributed by atoms with Gasteiger partial charge in [0.15, 0.2) is 5.43 Å². The van der Waals surface area contributed by atoms with Gasteiger partial charge in [-0.2, -0.15) is 0 Å². The van der Waals surface area contributed by atoms with E-state index >= 15 is 0 Å². The second-order valence-corrected chi connectivity index (χ2v) is 7.82. The highest BCUT2D eigenvalue weighted by Gasteiger charge is 2.27. The van der Waals surface area contributed by atoms with Gasteiger partial charge in [0.1, 0.15) is 12.0 Å². The molecule has 1 atom stereocenters. The summed E-state index contributed by atoms with van der Waals surface area (Å²) in [7, 11) is 1.67. The fraction of sp³-hybridized carbons (Fsp3) is 0.391. The topological polar surface area (TPSA) is 43.4 Å². The first-order valence-electron chi connectivity index (χ1n) is 9.46. The maximum atomic E-state index is 11.5. The molecule has 27 heavy (non-hydrogen) atoms. The van der Waals surface area contributed by atoms with Crippen molar-refractivity contribution in [2.24, 2.45) is 5.41 Å². The highest BCUT2D eigenvalue weighted by atomic mass is 32.2. The number of ether oxygens (including phenoxy) is 1. The van der Waals surface area contributed by atoms with E-state index < -0.39 is 0 Å². The molecule has 0 N–H and O–H groups in total. The van der Waals surface area contributed by atoms with E-state index in [-0.39, 0.29) is 10.8 Å². The average molecular weight is 385 g/mol. The molecule has 3 rings (SSSR count). The molecule has 0 bridgehead atoms. The third-order valence-electron chi connectivity index (χ3n) is 4.92. The summed E-state index contributed by atoms with van der Waals surface area (Å²) >= 11 is 1.76. The first-order valence-corrected chi connectivity index (χ1v) is 10.4. The van der Waals surface area contributed by atoms with Crippen molar-refractivity contribution >= 4 is 28.8 Å². The fourth-order valence-corrected chi connectivity index (χ4v) is 3.99. The van der Waals surface area contributed by atoms with Crippen molar-refractivity contribution in [3.8, 4) is 5.75 Å². The molecule has 0 aliphatic carbocycles. The second-order valence-electron chi connectivity index (χ2n) is 6.78. The SMILES string of the molecule is CCCCC(C=O)(CC)CSc1ccc(OC)cc1.O=c1c2ccccc12. The van der Waals surface area contributed by atoms with E-state index in [1.54, 1.807) is 18.9 Å². The molecular formula is C23H28O3S. The Morgan fingerprint density at radius 1 is 1.04 bits per heavy atom. The lowest BCUT2D eigenvalue weighted by Crippen LogP contribution is -2.24. The fourth-order valence-electron chi connectivity index (χ4n) is 2.79. The van der Waals surface area contributed by atoms with Crippen LogP contribution in [0.3, 0.4) is 0 Å². The van der Waals surface area contributed by atoms with Gasteiger partial charge in [-0.1, -0.05) is 51.0 Å². The number of aldehydes is 1. The zero-order chi connectivity index (χ0) is 19.7. The molecule has 0 aliphatic rings. The number of unbranched alkanes of at least 4 members (excludes halogenated alkanes) is 1. The van der Waals surface area contributed by atoms with Gasteiger partial charge in [0.05, 0.1) is 7.11 Å². The molecule has 144 valence electrons. The summed E-state index contributed by atoms with van der Waals surface area (Å²) in [5.74, 6) is 1.73. The normalized spacial score (nSPS) is 13.0. The number of carbonyl (C=O) groups is 1. The van der Waals surface area contributed by atoms with Crippen molar-refractivity contribution in [1.29, 1.82) is 0 Å². The highest BCUT2D eigenvalue weighted by Crippen LogP contribution is 2.34. The van der Waals surface area contributed by atoms with Crippen molar-refractivity contribution in [3.05, 3.63) is 58.8 Å². The molecule has 0 aliphatic heterocycles. The van der Waals surface area contributed by atoms with E-state index in [9.17, 15) is 9.59 Å². The lowest BCUT2D eigenvalue weighted by atomic mass is 9.84. The van der Waals surface area contributed by atoms with Crippen LogP contribution >= 0.6 is 11.8 Å². The molecule has 3 aromatic rings. The number of thioether (sulfide) groups is 1. The predicted molar refractivity (Wildman–Crippen MR) is 115 cm³/mol. The lowest BCUT2D eigenvalue weighted by molar-refractivity contribution is -0.115. The summed E-state index contributed by atoms with van der Waals surface area (Å²) in [4.78, 5) is 23.2. The summed E-state index contributed by atoms with van der Waals surface area (Å²) in [6.45, 7) is 4.28. The minimum Gasteiger partial charge on any atom is -0.497 e. The van der Waals surface area contributed by atoms with Crippen LogP contribution in [-0.4, -0.2) is 19.1 Å². The summed E-state index contributed by atoms with van der Waals surface area (Å²) in [6.07, 6.45) is 5.34. The van der Waals surface area contributed by atoms with E-state index in [0.717, 1.165) is 48.0 Å². The maximum Gasteiger partial charge on any atom is 0.194 e. The third kappa shape index (κ3) is 5.96. The average Bonchev–Trinajstić information content (AvgIpc) is 3.40. The maximum absolute atomic E-state index is 11.5. The second kappa shape index (κ2) is 10.3. The van der Waals surface area contributed by atoms with Crippen LogP contribution in [0.5, 0.6) is 5.75 Å². The van der Waals surface area contributed by atoms with Gasteiger partial charge in [0, 0.05) is 26.8 Å². The van der Waals surface area contributed by atoms with Crippen LogP contribution in [-0.2, 0) is 4.79 Å².